The van der Waals surface area contributed by atoms with E-state index in [1.54, 1.807) is 23.2 Å². The molecule has 0 radical (unpaired) electrons. The van der Waals surface area contributed by atoms with Crippen LogP contribution in [0.15, 0.2) is 61.2 Å². The van der Waals surface area contributed by atoms with Crippen LogP contribution in [0.25, 0.3) is 6.08 Å². The van der Waals surface area contributed by atoms with Crippen molar-refractivity contribution >= 4 is 17.7 Å². The van der Waals surface area contributed by atoms with E-state index in [0.29, 0.717) is 12.2 Å². The number of benzene rings is 1. The highest BCUT2D eigenvalue weighted by Gasteiger charge is 2.03. The first-order valence-corrected chi connectivity index (χ1v) is 7.81. The van der Waals surface area contributed by atoms with Gasteiger partial charge in [-0.25, -0.2) is 0 Å². The number of hydrogen-bond acceptors (Lipinski definition) is 3. The molecule has 0 aliphatic heterocycles. The zero-order chi connectivity index (χ0) is 16.8. The van der Waals surface area contributed by atoms with Crippen LogP contribution in [0.2, 0.25) is 0 Å². The van der Waals surface area contributed by atoms with Crippen molar-refractivity contribution in [2.24, 2.45) is 0 Å². The van der Waals surface area contributed by atoms with Gasteiger partial charge in [0.25, 0.3) is 0 Å². The summed E-state index contributed by atoms with van der Waals surface area (Å²) in [5.41, 5.74) is 2.72. The van der Waals surface area contributed by atoms with Crippen molar-refractivity contribution in [3.05, 3.63) is 72.3 Å². The first kappa shape index (κ1) is 15.7. The minimum absolute atomic E-state index is 0.196. The van der Waals surface area contributed by atoms with Crippen molar-refractivity contribution < 1.29 is 4.79 Å². The summed E-state index contributed by atoms with van der Waals surface area (Å²) in [4.78, 5) is 12.0. The van der Waals surface area contributed by atoms with Crippen molar-refractivity contribution in [1.29, 1.82) is 0 Å². The number of rotatable bonds is 6. The standard InChI is InChI=1S/C18H19N5O/c1-2-22-13-16(10-19-22)8-9-18(24)21-17-11-20-23(14-17)12-15-6-4-3-5-7-15/h3-11,13-14H,2,12H2,1H3,(H,21,24)/b9-8-. The van der Waals surface area contributed by atoms with Gasteiger partial charge in [0.2, 0.25) is 5.91 Å². The van der Waals surface area contributed by atoms with Gasteiger partial charge in [-0.15, -0.1) is 0 Å². The first-order valence-electron chi connectivity index (χ1n) is 7.81. The van der Waals surface area contributed by atoms with Gasteiger partial charge in [-0.05, 0) is 18.6 Å². The smallest absolute Gasteiger partial charge is 0.248 e. The summed E-state index contributed by atoms with van der Waals surface area (Å²) >= 11 is 0. The molecular formula is C18H19N5O. The van der Waals surface area contributed by atoms with E-state index in [-0.39, 0.29) is 5.91 Å². The summed E-state index contributed by atoms with van der Waals surface area (Å²) in [6.45, 7) is 3.49. The van der Waals surface area contributed by atoms with Gasteiger partial charge in [0, 0.05) is 30.6 Å². The second-order valence-corrected chi connectivity index (χ2v) is 5.36. The minimum Gasteiger partial charge on any atom is -0.320 e. The number of carbonyl (C=O) groups is 1. The van der Waals surface area contributed by atoms with E-state index in [2.05, 4.69) is 15.5 Å². The molecule has 0 saturated carbocycles. The summed E-state index contributed by atoms with van der Waals surface area (Å²) in [5.74, 6) is -0.196. The SMILES string of the molecule is CCn1cc(/C=C\C(=O)Nc2cnn(Cc3ccccc3)c2)cn1. The molecule has 2 heterocycles. The highest BCUT2D eigenvalue weighted by molar-refractivity contribution is 6.01. The number of anilines is 1. The zero-order valence-corrected chi connectivity index (χ0v) is 13.5. The Morgan fingerprint density at radius 1 is 1.12 bits per heavy atom. The molecule has 0 unspecified atom stereocenters. The maximum absolute atomic E-state index is 12.0. The van der Waals surface area contributed by atoms with Gasteiger partial charge < -0.3 is 5.32 Å². The molecule has 6 heteroatoms. The van der Waals surface area contributed by atoms with Crippen molar-refractivity contribution in [2.45, 2.75) is 20.0 Å². The van der Waals surface area contributed by atoms with Crippen molar-refractivity contribution in [3.8, 4) is 0 Å². The number of aromatic nitrogens is 4. The van der Waals surface area contributed by atoms with Crippen molar-refractivity contribution in [2.75, 3.05) is 5.32 Å². The molecule has 24 heavy (non-hydrogen) atoms. The summed E-state index contributed by atoms with van der Waals surface area (Å²) in [6, 6.07) is 10.0. The van der Waals surface area contributed by atoms with Gasteiger partial charge in [0.15, 0.2) is 0 Å². The third kappa shape index (κ3) is 4.19. The Morgan fingerprint density at radius 3 is 2.67 bits per heavy atom. The molecule has 1 amide bonds. The maximum atomic E-state index is 12.0. The molecule has 0 spiro atoms. The molecule has 1 aromatic carbocycles. The molecule has 0 saturated heterocycles. The molecule has 0 atom stereocenters. The van der Waals surface area contributed by atoms with Crippen LogP contribution in [0.4, 0.5) is 5.69 Å². The molecule has 0 fully saturated rings. The van der Waals surface area contributed by atoms with E-state index in [1.807, 2.05) is 54.3 Å². The quantitative estimate of drug-likeness (QED) is 0.710. The maximum Gasteiger partial charge on any atom is 0.248 e. The fraction of sp³-hybridized carbons (Fsp3) is 0.167. The molecule has 0 bridgehead atoms. The molecule has 6 nitrogen and oxygen atoms in total. The third-order valence-electron chi connectivity index (χ3n) is 3.49. The molecule has 3 aromatic rings. The summed E-state index contributed by atoms with van der Waals surface area (Å²) in [5, 5.41) is 11.2. The van der Waals surface area contributed by atoms with Crippen LogP contribution in [0, 0.1) is 0 Å². The van der Waals surface area contributed by atoms with E-state index in [1.165, 1.54) is 6.08 Å². The monoisotopic (exact) mass is 321 g/mol. The van der Waals surface area contributed by atoms with Crippen LogP contribution in [0.5, 0.6) is 0 Å². The van der Waals surface area contributed by atoms with Gasteiger partial charge >= 0.3 is 0 Å². The number of amides is 1. The fourth-order valence-corrected chi connectivity index (χ4v) is 2.28. The van der Waals surface area contributed by atoms with Crippen LogP contribution in [-0.2, 0) is 17.9 Å². The normalized spacial score (nSPS) is 11.0. The summed E-state index contributed by atoms with van der Waals surface area (Å²) in [6.07, 6.45) is 10.3. The molecule has 1 N–H and O–H groups in total. The lowest BCUT2D eigenvalue weighted by molar-refractivity contribution is -0.111. The lowest BCUT2D eigenvalue weighted by Crippen LogP contribution is -2.07. The van der Waals surface area contributed by atoms with Gasteiger partial charge in [-0.3, -0.25) is 14.2 Å². The highest BCUT2D eigenvalue weighted by Crippen LogP contribution is 2.08. The zero-order valence-electron chi connectivity index (χ0n) is 13.5. The molecule has 0 aliphatic carbocycles. The molecule has 2 aromatic heterocycles. The van der Waals surface area contributed by atoms with Crippen LogP contribution >= 0.6 is 0 Å². The number of nitrogens with zero attached hydrogens (tertiary/aromatic N) is 4. The lowest BCUT2D eigenvalue weighted by Gasteiger charge is -2.01. The van der Waals surface area contributed by atoms with E-state index in [9.17, 15) is 4.79 Å². The number of nitrogens with one attached hydrogen (secondary N) is 1. The van der Waals surface area contributed by atoms with E-state index < -0.39 is 0 Å². The first-order chi connectivity index (χ1) is 11.7. The van der Waals surface area contributed by atoms with Crippen LogP contribution in [-0.4, -0.2) is 25.5 Å². The molecule has 3 rings (SSSR count). The number of carbonyl (C=O) groups excluding carboxylic acids is 1. The summed E-state index contributed by atoms with van der Waals surface area (Å²) < 4.78 is 3.60. The van der Waals surface area contributed by atoms with Gasteiger partial charge in [-0.2, -0.15) is 10.2 Å². The van der Waals surface area contributed by atoms with E-state index >= 15 is 0 Å². The minimum atomic E-state index is -0.196. The Balaban J connectivity index is 1.57. The van der Waals surface area contributed by atoms with Gasteiger partial charge in [-0.1, -0.05) is 30.3 Å². The average molecular weight is 321 g/mol. The topological polar surface area (TPSA) is 64.7 Å². The van der Waals surface area contributed by atoms with Crippen LogP contribution in [0.3, 0.4) is 0 Å². The average Bonchev–Trinajstić information content (AvgIpc) is 3.23. The Bertz CT molecular complexity index is 832. The highest BCUT2D eigenvalue weighted by atomic mass is 16.1. The fourth-order valence-electron chi connectivity index (χ4n) is 2.28. The van der Waals surface area contributed by atoms with E-state index in [4.69, 9.17) is 0 Å². The van der Waals surface area contributed by atoms with E-state index in [0.717, 1.165) is 17.7 Å². The predicted octanol–water partition coefficient (Wildman–Crippen LogP) is 2.80. The van der Waals surface area contributed by atoms with Crippen LogP contribution < -0.4 is 5.32 Å². The Morgan fingerprint density at radius 2 is 1.92 bits per heavy atom. The molecule has 0 aliphatic rings. The Labute approximate surface area is 140 Å². The Kier molecular flexibility index (Phi) is 4.86. The van der Waals surface area contributed by atoms with Crippen molar-refractivity contribution in [3.63, 3.8) is 0 Å². The van der Waals surface area contributed by atoms with Gasteiger partial charge in [0.05, 0.1) is 24.6 Å². The van der Waals surface area contributed by atoms with Gasteiger partial charge in [0.1, 0.15) is 0 Å². The molecular weight excluding hydrogens is 302 g/mol. The second-order valence-electron chi connectivity index (χ2n) is 5.36. The number of aryl methyl sites for hydroxylation is 1. The largest absolute Gasteiger partial charge is 0.320 e. The lowest BCUT2D eigenvalue weighted by atomic mass is 10.2. The van der Waals surface area contributed by atoms with Crippen LogP contribution in [0.1, 0.15) is 18.1 Å². The second kappa shape index (κ2) is 7.41. The number of hydrogen-bond donors (Lipinski definition) is 1. The summed E-state index contributed by atoms with van der Waals surface area (Å²) in [7, 11) is 0. The Hall–Kier alpha value is -3.15. The molecule has 122 valence electrons. The third-order valence-corrected chi connectivity index (χ3v) is 3.49. The predicted molar refractivity (Wildman–Crippen MR) is 93.3 cm³/mol. The van der Waals surface area contributed by atoms with Crippen molar-refractivity contribution in [1.82, 2.24) is 19.6 Å².